The summed E-state index contributed by atoms with van der Waals surface area (Å²) < 4.78 is 54.3. The predicted octanol–water partition coefficient (Wildman–Crippen LogP) is 5.88. The lowest BCUT2D eigenvalue weighted by atomic mass is 10.0. The first kappa shape index (κ1) is 23.9. The quantitative estimate of drug-likeness (QED) is 0.257. The Morgan fingerprint density at radius 2 is 1.84 bits per heavy atom. The van der Waals surface area contributed by atoms with E-state index in [2.05, 4.69) is 35.6 Å². The van der Waals surface area contributed by atoms with Gasteiger partial charge in [-0.05, 0) is 55.0 Å². The van der Waals surface area contributed by atoms with E-state index in [0.29, 0.717) is 33.9 Å². The number of amides is 1. The van der Waals surface area contributed by atoms with Crippen LogP contribution in [0.25, 0.3) is 22.4 Å². The van der Waals surface area contributed by atoms with Crippen molar-refractivity contribution in [1.82, 2.24) is 24.9 Å². The van der Waals surface area contributed by atoms with Crippen molar-refractivity contribution in [2.75, 3.05) is 10.6 Å². The summed E-state index contributed by atoms with van der Waals surface area (Å²) in [5.41, 5.74) is 1.14. The number of aromatic amines is 1. The number of fused-ring (bicyclic) bond motifs is 1. The molecule has 0 aliphatic carbocycles. The molecular weight excluding hydrogens is 490 g/mol. The number of carbonyl (C=O) groups excluding carboxylic acids is 1. The zero-order chi connectivity index (χ0) is 26.2. The van der Waals surface area contributed by atoms with E-state index in [4.69, 9.17) is 0 Å². The second-order valence-corrected chi connectivity index (χ2v) is 8.02. The lowest BCUT2D eigenvalue weighted by Gasteiger charge is -2.14. The molecule has 0 spiro atoms. The van der Waals surface area contributed by atoms with Crippen molar-refractivity contribution >= 4 is 34.3 Å². The van der Waals surface area contributed by atoms with Crippen LogP contribution in [0.3, 0.4) is 0 Å². The number of H-pyrrole nitrogens is 1. The van der Waals surface area contributed by atoms with Gasteiger partial charge in [0.25, 0.3) is 5.91 Å². The summed E-state index contributed by atoms with van der Waals surface area (Å²) in [6.45, 7) is 1.30. The minimum Gasteiger partial charge on any atom is -0.341 e. The number of hydrogen-bond acceptors (Lipinski definition) is 6. The van der Waals surface area contributed by atoms with Crippen LogP contribution >= 0.6 is 0 Å². The van der Waals surface area contributed by atoms with Gasteiger partial charge in [0.1, 0.15) is 29.2 Å². The van der Waals surface area contributed by atoms with Crippen molar-refractivity contribution in [2.45, 2.75) is 13.1 Å². The van der Waals surface area contributed by atoms with Crippen molar-refractivity contribution in [3.8, 4) is 11.3 Å². The molecule has 12 heteroatoms. The van der Waals surface area contributed by atoms with Gasteiger partial charge >= 0.3 is 6.18 Å². The van der Waals surface area contributed by atoms with Gasteiger partial charge in [0.2, 0.25) is 0 Å². The number of halogens is 4. The molecule has 0 aliphatic heterocycles. The molecule has 186 valence electrons. The number of hydrogen-bond donors (Lipinski definition) is 3. The third-order valence-electron chi connectivity index (χ3n) is 5.57. The lowest BCUT2D eigenvalue weighted by molar-refractivity contribution is -0.138. The van der Waals surface area contributed by atoms with Crippen LogP contribution < -0.4 is 10.6 Å². The normalized spacial score (nSPS) is 11.5. The molecule has 0 saturated heterocycles. The van der Waals surface area contributed by atoms with Crippen LogP contribution in [0.2, 0.25) is 0 Å². The number of pyridine rings is 1. The SMILES string of the molecule is Cc1ccc(C(=O)Nc2cc(Nc3ncccc3-c3ncnc4nc[nH]c34)ccc2F)cc1C(F)(F)F. The summed E-state index contributed by atoms with van der Waals surface area (Å²) in [5, 5.41) is 5.41. The van der Waals surface area contributed by atoms with Crippen molar-refractivity contribution in [3.63, 3.8) is 0 Å². The molecule has 37 heavy (non-hydrogen) atoms. The van der Waals surface area contributed by atoms with Crippen molar-refractivity contribution in [3.05, 3.63) is 89.9 Å². The second-order valence-electron chi connectivity index (χ2n) is 8.02. The third kappa shape index (κ3) is 4.81. The Hall–Kier alpha value is -4.87. The molecule has 5 rings (SSSR count). The van der Waals surface area contributed by atoms with Crippen LogP contribution in [0.4, 0.5) is 34.8 Å². The number of nitrogens with zero attached hydrogens (tertiary/aromatic N) is 4. The van der Waals surface area contributed by atoms with Gasteiger partial charge in [0.05, 0.1) is 17.6 Å². The fourth-order valence-corrected chi connectivity index (χ4v) is 3.76. The van der Waals surface area contributed by atoms with Crippen molar-refractivity contribution in [1.29, 1.82) is 0 Å². The maximum Gasteiger partial charge on any atom is 0.416 e. The van der Waals surface area contributed by atoms with Crippen molar-refractivity contribution in [2.24, 2.45) is 0 Å². The van der Waals surface area contributed by atoms with E-state index in [1.165, 1.54) is 43.8 Å². The Kier molecular flexibility index (Phi) is 5.99. The summed E-state index contributed by atoms with van der Waals surface area (Å²) in [5.74, 6) is -1.27. The molecule has 3 aromatic heterocycles. The van der Waals surface area contributed by atoms with Crippen LogP contribution in [-0.2, 0) is 6.18 Å². The molecule has 5 aromatic rings. The fraction of sp³-hybridized carbons (Fsp3) is 0.0800. The molecule has 0 bridgehead atoms. The average Bonchev–Trinajstić information content (AvgIpc) is 3.35. The molecule has 2 aromatic carbocycles. The Bertz CT molecular complexity index is 1630. The highest BCUT2D eigenvalue weighted by atomic mass is 19.4. The molecule has 0 radical (unpaired) electrons. The van der Waals surface area contributed by atoms with Crippen LogP contribution in [0.1, 0.15) is 21.5 Å². The third-order valence-corrected chi connectivity index (χ3v) is 5.57. The topological polar surface area (TPSA) is 108 Å². The summed E-state index contributed by atoms with van der Waals surface area (Å²) >= 11 is 0. The van der Waals surface area contributed by atoms with Gasteiger partial charge < -0.3 is 15.6 Å². The summed E-state index contributed by atoms with van der Waals surface area (Å²) in [6, 6.07) is 10.5. The highest BCUT2D eigenvalue weighted by molar-refractivity contribution is 6.04. The first-order chi connectivity index (χ1) is 17.7. The van der Waals surface area contributed by atoms with Crippen LogP contribution in [0.15, 0.2) is 67.4 Å². The second kappa shape index (κ2) is 9.30. The molecule has 0 aliphatic rings. The maximum absolute atomic E-state index is 14.5. The number of nitrogens with one attached hydrogen (secondary N) is 3. The maximum atomic E-state index is 14.5. The van der Waals surface area contributed by atoms with E-state index in [1.54, 1.807) is 18.3 Å². The zero-order valence-electron chi connectivity index (χ0n) is 19.1. The molecule has 3 heterocycles. The van der Waals surface area contributed by atoms with Crippen LogP contribution in [0.5, 0.6) is 0 Å². The van der Waals surface area contributed by atoms with Gasteiger partial charge in [-0.25, -0.2) is 24.3 Å². The number of imidazole rings is 1. The highest BCUT2D eigenvalue weighted by Crippen LogP contribution is 2.33. The molecule has 1 amide bonds. The first-order valence-corrected chi connectivity index (χ1v) is 10.9. The monoisotopic (exact) mass is 507 g/mol. The van der Waals surface area contributed by atoms with Crippen LogP contribution in [0, 0.1) is 12.7 Å². The van der Waals surface area contributed by atoms with E-state index in [-0.39, 0.29) is 16.8 Å². The Balaban J connectivity index is 1.43. The predicted molar refractivity (Wildman–Crippen MR) is 129 cm³/mol. The number of carbonyl (C=O) groups is 1. The number of aryl methyl sites for hydroxylation is 1. The summed E-state index contributed by atoms with van der Waals surface area (Å²) in [7, 11) is 0. The number of benzene rings is 2. The highest BCUT2D eigenvalue weighted by Gasteiger charge is 2.33. The summed E-state index contributed by atoms with van der Waals surface area (Å²) in [6.07, 6.45) is -0.205. The minimum absolute atomic E-state index is 0.0244. The number of anilines is 3. The van der Waals surface area contributed by atoms with E-state index >= 15 is 0 Å². The van der Waals surface area contributed by atoms with Crippen molar-refractivity contribution < 1.29 is 22.4 Å². The zero-order valence-corrected chi connectivity index (χ0v) is 19.1. The molecule has 0 atom stereocenters. The molecule has 3 N–H and O–H groups in total. The minimum atomic E-state index is -4.62. The smallest absolute Gasteiger partial charge is 0.341 e. The summed E-state index contributed by atoms with van der Waals surface area (Å²) in [4.78, 5) is 32.6. The Morgan fingerprint density at radius 3 is 2.65 bits per heavy atom. The average molecular weight is 507 g/mol. The number of aromatic nitrogens is 5. The van der Waals surface area contributed by atoms with Gasteiger partial charge in [-0.2, -0.15) is 13.2 Å². The van der Waals surface area contributed by atoms with Gasteiger partial charge in [0.15, 0.2) is 5.65 Å². The molecule has 8 nitrogen and oxygen atoms in total. The molecule has 0 saturated carbocycles. The fourth-order valence-electron chi connectivity index (χ4n) is 3.76. The molecular formula is C25H17F4N7O. The van der Waals surface area contributed by atoms with Gasteiger partial charge in [-0.3, -0.25) is 4.79 Å². The van der Waals surface area contributed by atoms with E-state index < -0.39 is 23.5 Å². The van der Waals surface area contributed by atoms with Gasteiger partial charge in [-0.1, -0.05) is 6.07 Å². The Labute approximate surface area is 206 Å². The first-order valence-electron chi connectivity index (χ1n) is 10.9. The van der Waals surface area contributed by atoms with E-state index in [0.717, 1.165) is 12.1 Å². The number of alkyl halides is 3. The van der Waals surface area contributed by atoms with Gasteiger partial charge in [-0.15, -0.1) is 0 Å². The number of rotatable bonds is 5. The van der Waals surface area contributed by atoms with Crippen LogP contribution in [-0.4, -0.2) is 30.8 Å². The molecule has 0 unspecified atom stereocenters. The lowest BCUT2D eigenvalue weighted by Crippen LogP contribution is -2.15. The van der Waals surface area contributed by atoms with E-state index in [1.807, 2.05) is 0 Å². The van der Waals surface area contributed by atoms with E-state index in [9.17, 15) is 22.4 Å². The Morgan fingerprint density at radius 1 is 1.00 bits per heavy atom. The largest absolute Gasteiger partial charge is 0.416 e. The van der Waals surface area contributed by atoms with Gasteiger partial charge in [0, 0.05) is 23.0 Å². The molecule has 0 fully saturated rings. The standard InChI is InChI=1S/C25H17F4N7O/c1-13-4-5-14(9-17(13)25(27,28)29)24(37)36-19-10-15(6-7-18(19)26)35-22-16(3-2-8-30-22)20-21-23(33-11-31-20)34-12-32-21/h2-12H,1H3,(H,30,35)(H,36,37)(H,31,32,33,34).